The van der Waals surface area contributed by atoms with E-state index in [1.165, 1.54) is 39.0 Å². The molecule has 0 aromatic rings. The summed E-state index contributed by atoms with van der Waals surface area (Å²) in [5, 5.41) is 3.67. The predicted molar refractivity (Wildman–Crippen MR) is 82.5 cm³/mol. The molecule has 0 spiro atoms. The number of rotatable bonds is 6. The van der Waals surface area contributed by atoms with Gasteiger partial charge in [0.25, 0.3) is 0 Å². The summed E-state index contributed by atoms with van der Waals surface area (Å²) < 4.78 is 0. The Balaban J connectivity index is 1.84. The zero-order chi connectivity index (χ0) is 13.8. The van der Waals surface area contributed by atoms with Crippen molar-refractivity contribution >= 4 is 0 Å². The van der Waals surface area contributed by atoms with Crippen LogP contribution in [0.3, 0.4) is 0 Å². The van der Waals surface area contributed by atoms with Crippen molar-refractivity contribution in [1.82, 2.24) is 15.1 Å². The van der Waals surface area contributed by atoms with Crippen molar-refractivity contribution < 1.29 is 0 Å². The van der Waals surface area contributed by atoms with Crippen LogP contribution in [0.25, 0.3) is 0 Å². The third kappa shape index (κ3) is 4.17. The highest BCUT2D eigenvalue weighted by Crippen LogP contribution is 2.24. The minimum absolute atomic E-state index is 0.710. The number of nitrogens with one attached hydrogen (secondary N) is 1. The van der Waals surface area contributed by atoms with Crippen LogP contribution in [0, 0.1) is 11.8 Å². The SMILES string of the molecule is CC(C)CNCC(C(C)C)N1CCN2CCCC2C1. The zero-order valence-corrected chi connectivity index (χ0v) is 13.4. The fourth-order valence-electron chi connectivity index (χ4n) is 3.62. The molecule has 0 aliphatic carbocycles. The van der Waals surface area contributed by atoms with Gasteiger partial charge in [-0.2, -0.15) is 0 Å². The molecule has 2 saturated heterocycles. The summed E-state index contributed by atoms with van der Waals surface area (Å²) in [4.78, 5) is 5.46. The maximum absolute atomic E-state index is 3.67. The maximum atomic E-state index is 3.67. The van der Waals surface area contributed by atoms with Gasteiger partial charge in [-0.25, -0.2) is 0 Å². The molecule has 0 saturated carbocycles. The van der Waals surface area contributed by atoms with Crippen molar-refractivity contribution in [3.05, 3.63) is 0 Å². The molecule has 0 amide bonds. The van der Waals surface area contributed by atoms with Crippen molar-refractivity contribution in [3.63, 3.8) is 0 Å². The van der Waals surface area contributed by atoms with E-state index in [2.05, 4.69) is 42.8 Å². The molecule has 0 bridgehead atoms. The molecule has 3 heteroatoms. The average molecular weight is 267 g/mol. The highest BCUT2D eigenvalue weighted by Gasteiger charge is 2.33. The lowest BCUT2D eigenvalue weighted by atomic mass is 9.99. The number of fused-ring (bicyclic) bond motifs is 1. The van der Waals surface area contributed by atoms with Crippen molar-refractivity contribution in [2.45, 2.75) is 52.6 Å². The van der Waals surface area contributed by atoms with E-state index in [1.54, 1.807) is 0 Å². The molecule has 2 aliphatic rings. The Hall–Kier alpha value is -0.120. The van der Waals surface area contributed by atoms with Gasteiger partial charge in [0, 0.05) is 38.3 Å². The summed E-state index contributed by atoms with van der Waals surface area (Å²) in [5.41, 5.74) is 0. The third-order valence-electron chi connectivity index (χ3n) is 4.76. The first-order chi connectivity index (χ1) is 9.08. The van der Waals surface area contributed by atoms with E-state index in [0.717, 1.165) is 31.0 Å². The Morgan fingerprint density at radius 2 is 1.84 bits per heavy atom. The van der Waals surface area contributed by atoms with Crippen LogP contribution >= 0.6 is 0 Å². The second-order valence-corrected chi connectivity index (χ2v) is 7.19. The minimum Gasteiger partial charge on any atom is -0.315 e. The van der Waals surface area contributed by atoms with E-state index < -0.39 is 0 Å². The van der Waals surface area contributed by atoms with E-state index in [9.17, 15) is 0 Å². The van der Waals surface area contributed by atoms with E-state index in [-0.39, 0.29) is 0 Å². The van der Waals surface area contributed by atoms with Gasteiger partial charge in [-0.3, -0.25) is 9.80 Å². The Labute approximate surface area is 119 Å². The number of piperazine rings is 1. The van der Waals surface area contributed by atoms with Gasteiger partial charge in [0.1, 0.15) is 0 Å². The van der Waals surface area contributed by atoms with Gasteiger partial charge in [0.05, 0.1) is 0 Å². The molecule has 0 aromatic heterocycles. The number of hydrogen-bond acceptors (Lipinski definition) is 3. The minimum atomic E-state index is 0.710. The van der Waals surface area contributed by atoms with Crippen molar-refractivity contribution in [3.8, 4) is 0 Å². The van der Waals surface area contributed by atoms with Crippen LogP contribution in [0.15, 0.2) is 0 Å². The van der Waals surface area contributed by atoms with Gasteiger partial charge >= 0.3 is 0 Å². The quantitative estimate of drug-likeness (QED) is 0.794. The number of hydrogen-bond donors (Lipinski definition) is 1. The lowest BCUT2D eigenvalue weighted by Gasteiger charge is -2.43. The number of nitrogens with zero attached hydrogens (tertiary/aromatic N) is 2. The van der Waals surface area contributed by atoms with Crippen LogP contribution in [0.4, 0.5) is 0 Å². The fraction of sp³-hybridized carbons (Fsp3) is 1.00. The molecule has 2 fully saturated rings. The molecular formula is C16H33N3. The van der Waals surface area contributed by atoms with Crippen molar-refractivity contribution in [2.75, 3.05) is 39.3 Å². The Morgan fingerprint density at radius 1 is 1.05 bits per heavy atom. The highest BCUT2D eigenvalue weighted by molar-refractivity contribution is 4.90. The molecule has 0 aromatic carbocycles. The predicted octanol–water partition coefficient (Wildman–Crippen LogP) is 2.04. The lowest BCUT2D eigenvalue weighted by molar-refractivity contribution is 0.0542. The van der Waals surface area contributed by atoms with Gasteiger partial charge in [-0.05, 0) is 37.8 Å². The summed E-state index contributed by atoms with van der Waals surface area (Å²) in [6.07, 6.45) is 2.83. The zero-order valence-electron chi connectivity index (χ0n) is 13.4. The molecule has 0 radical (unpaired) electrons. The molecular weight excluding hydrogens is 234 g/mol. The highest BCUT2D eigenvalue weighted by atomic mass is 15.3. The van der Waals surface area contributed by atoms with Gasteiger partial charge in [-0.15, -0.1) is 0 Å². The van der Waals surface area contributed by atoms with Crippen LogP contribution in [-0.4, -0.2) is 61.2 Å². The molecule has 2 rings (SSSR count). The summed E-state index contributed by atoms with van der Waals surface area (Å²) in [7, 11) is 0. The van der Waals surface area contributed by atoms with Crippen LogP contribution in [0.1, 0.15) is 40.5 Å². The molecule has 112 valence electrons. The fourth-order valence-corrected chi connectivity index (χ4v) is 3.62. The van der Waals surface area contributed by atoms with Gasteiger partial charge in [0.2, 0.25) is 0 Å². The molecule has 1 N–H and O–H groups in total. The van der Waals surface area contributed by atoms with Crippen molar-refractivity contribution in [2.24, 2.45) is 11.8 Å². The van der Waals surface area contributed by atoms with E-state index in [1.807, 2.05) is 0 Å². The van der Waals surface area contributed by atoms with Crippen LogP contribution in [-0.2, 0) is 0 Å². The maximum Gasteiger partial charge on any atom is 0.0244 e. The molecule has 19 heavy (non-hydrogen) atoms. The molecule has 2 atom stereocenters. The summed E-state index contributed by atoms with van der Waals surface area (Å²) in [6.45, 7) is 16.8. The first-order valence-electron chi connectivity index (χ1n) is 8.26. The third-order valence-corrected chi connectivity index (χ3v) is 4.76. The average Bonchev–Trinajstić information content (AvgIpc) is 2.80. The summed E-state index contributed by atoms with van der Waals surface area (Å²) >= 11 is 0. The normalized spacial score (nSPS) is 27.2. The van der Waals surface area contributed by atoms with Crippen LogP contribution < -0.4 is 5.32 Å². The molecule has 2 unspecified atom stereocenters. The second kappa shape index (κ2) is 7.05. The first-order valence-corrected chi connectivity index (χ1v) is 8.26. The topological polar surface area (TPSA) is 18.5 Å². The van der Waals surface area contributed by atoms with E-state index >= 15 is 0 Å². The Kier molecular flexibility index (Phi) is 5.67. The van der Waals surface area contributed by atoms with Gasteiger partial charge in [0.15, 0.2) is 0 Å². The summed E-state index contributed by atoms with van der Waals surface area (Å²) in [5.74, 6) is 1.49. The smallest absolute Gasteiger partial charge is 0.0244 e. The van der Waals surface area contributed by atoms with Crippen LogP contribution in [0.5, 0.6) is 0 Å². The second-order valence-electron chi connectivity index (χ2n) is 7.19. The standard InChI is InChI=1S/C16H33N3/c1-13(2)10-17-11-16(14(3)4)19-9-8-18-7-5-6-15(18)12-19/h13-17H,5-12H2,1-4H3. The first kappa shape index (κ1) is 15.3. The lowest BCUT2D eigenvalue weighted by Crippen LogP contribution is -2.57. The van der Waals surface area contributed by atoms with Crippen LogP contribution in [0.2, 0.25) is 0 Å². The Bertz CT molecular complexity index is 265. The molecule has 3 nitrogen and oxygen atoms in total. The van der Waals surface area contributed by atoms with E-state index in [0.29, 0.717) is 6.04 Å². The van der Waals surface area contributed by atoms with Gasteiger partial charge in [-0.1, -0.05) is 27.7 Å². The summed E-state index contributed by atoms with van der Waals surface area (Å²) in [6, 6.07) is 1.56. The van der Waals surface area contributed by atoms with Gasteiger partial charge < -0.3 is 5.32 Å². The van der Waals surface area contributed by atoms with Crippen molar-refractivity contribution in [1.29, 1.82) is 0 Å². The molecule has 2 aliphatic heterocycles. The largest absolute Gasteiger partial charge is 0.315 e. The van der Waals surface area contributed by atoms with E-state index in [4.69, 9.17) is 0 Å². The molecule has 2 heterocycles. The monoisotopic (exact) mass is 267 g/mol. The Morgan fingerprint density at radius 3 is 2.53 bits per heavy atom.